The van der Waals surface area contributed by atoms with Gasteiger partial charge in [0, 0.05) is 80.5 Å². The van der Waals surface area contributed by atoms with Gasteiger partial charge in [-0.15, -0.1) is 0 Å². The minimum atomic E-state index is -3.58. The molecule has 2 rings (SSSR count). The number of carbonyl (C=O) groups is 4. The zero-order valence-electron chi connectivity index (χ0n) is 26.6. The Morgan fingerprint density at radius 2 is 0.917 bits per heavy atom. The van der Waals surface area contributed by atoms with E-state index in [1.165, 1.54) is 42.3 Å². The average Bonchev–Trinajstić information content (AvgIpc) is 3.01. The van der Waals surface area contributed by atoms with Gasteiger partial charge >= 0.3 is 27.1 Å². The normalized spacial score (nSPS) is 13.0. The second-order valence-electron chi connectivity index (χ2n) is 9.82. The number of hydrogen-bond acceptors (Lipinski definition) is 12. The van der Waals surface area contributed by atoms with E-state index in [4.69, 9.17) is 27.6 Å². The van der Waals surface area contributed by atoms with Gasteiger partial charge in [-0.1, -0.05) is 0 Å². The maximum Gasteiger partial charge on any atom is 0.334 e. The van der Waals surface area contributed by atoms with Gasteiger partial charge in [0.2, 0.25) is 11.8 Å². The maximum absolute atomic E-state index is 13.0. The smallest absolute Gasteiger partial charge is 0.334 e. The van der Waals surface area contributed by atoms with Crippen molar-refractivity contribution in [1.82, 2.24) is 0 Å². The molecule has 48 heavy (non-hydrogen) atoms. The largest absolute Gasteiger partial charge is 0.457 e. The minimum Gasteiger partial charge on any atom is -0.457 e. The number of benzene rings is 2. The number of carbonyl (C=O) groups excluding carboxylic acids is 4. The van der Waals surface area contributed by atoms with Crippen molar-refractivity contribution >= 4 is 141 Å². The van der Waals surface area contributed by atoms with E-state index in [1.54, 1.807) is 24.3 Å². The lowest BCUT2D eigenvalue weighted by molar-refractivity contribution is -0.146. The molecule has 0 radical (unpaired) electrons. The Labute approximate surface area is 333 Å². The van der Waals surface area contributed by atoms with Crippen LogP contribution in [0.1, 0.15) is 50.0 Å². The molecule has 0 aliphatic rings. The molecule has 2 amide bonds. The highest BCUT2D eigenvalue weighted by Gasteiger charge is 2.33. The highest BCUT2D eigenvalue weighted by atomic mass is 127. The summed E-state index contributed by atoms with van der Waals surface area (Å²) in [6.45, 7) is 2.45. The standard InChI is InChI=1S/C28H34I4N2O12P2/c1-15(35)45-25(13-47(39,41-3)42-4)17-9-23(21(31)11-19(17)29)33-27(37)7-8-28(38)34-24-10-18(20(30)12-22(24)32)26(46-16(2)36)14-48(40,43-5)44-6/h9-12,25-26H,7-8,13-14H2,1-6H3,(H,33,37)(H,34,38). The molecule has 0 aliphatic heterocycles. The predicted octanol–water partition coefficient (Wildman–Crippen LogP) is 7.64. The molecule has 0 aromatic heterocycles. The van der Waals surface area contributed by atoms with Crippen LogP contribution in [0.4, 0.5) is 11.4 Å². The zero-order chi connectivity index (χ0) is 36.4. The van der Waals surface area contributed by atoms with Crippen LogP contribution in [0.3, 0.4) is 0 Å². The van der Waals surface area contributed by atoms with Gasteiger partial charge in [0.05, 0.1) is 23.7 Å². The van der Waals surface area contributed by atoms with E-state index >= 15 is 0 Å². The van der Waals surface area contributed by atoms with Gasteiger partial charge in [-0.25, -0.2) is 0 Å². The third kappa shape index (κ3) is 13.3. The van der Waals surface area contributed by atoms with E-state index in [0.717, 1.165) is 0 Å². The number of ether oxygens (including phenoxy) is 2. The van der Waals surface area contributed by atoms with Crippen LogP contribution in [-0.4, -0.2) is 64.5 Å². The third-order valence-corrected chi connectivity index (χ3v) is 13.9. The first-order valence-electron chi connectivity index (χ1n) is 13.7. The monoisotopic (exact) mass is 1160 g/mol. The first kappa shape index (κ1) is 43.7. The number of hydrogen-bond donors (Lipinski definition) is 2. The van der Waals surface area contributed by atoms with Crippen LogP contribution in [0.2, 0.25) is 0 Å². The summed E-state index contributed by atoms with van der Waals surface area (Å²) >= 11 is 8.19. The number of anilines is 2. The Morgan fingerprint density at radius 3 is 1.19 bits per heavy atom. The Morgan fingerprint density at radius 1 is 0.604 bits per heavy atom. The molecule has 0 heterocycles. The summed E-state index contributed by atoms with van der Waals surface area (Å²) in [5.41, 5.74) is 1.76. The average molecular weight is 1160 g/mol. The maximum atomic E-state index is 13.0. The molecular weight excluding hydrogens is 1130 g/mol. The molecule has 2 aromatic carbocycles. The first-order valence-corrected chi connectivity index (χ1v) is 21.5. The Kier molecular flexibility index (Phi) is 18.2. The van der Waals surface area contributed by atoms with Gasteiger partial charge in [-0.3, -0.25) is 28.3 Å². The molecule has 266 valence electrons. The number of amides is 2. The summed E-state index contributed by atoms with van der Waals surface area (Å²) in [6, 6.07) is 6.76. The Balaban J connectivity index is 2.23. The van der Waals surface area contributed by atoms with E-state index in [2.05, 4.69) is 55.8 Å². The van der Waals surface area contributed by atoms with Crippen LogP contribution in [0.15, 0.2) is 24.3 Å². The van der Waals surface area contributed by atoms with Crippen LogP contribution in [-0.2, 0) is 55.9 Å². The molecule has 2 atom stereocenters. The molecule has 0 aliphatic carbocycles. The number of nitrogens with one attached hydrogen (secondary N) is 2. The second kappa shape index (κ2) is 20.0. The predicted molar refractivity (Wildman–Crippen MR) is 212 cm³/mol. The van der Waals surface area contributed by atoms with Crippen molar-refractivity contribution < 1.29 is 55.9 Å². The quantitative estimate of drug-likeness (QED) is 0.0899. The van der Waals surface area contributed by atoms with Crippen LogP contribution >= 0.6 is 106 Å². The molecule has 0 bridgehead atoms. The second-order valence-corrected chi connectivity index (χ2v) is 19.1. The Bertz CT molecular complexity index is 1490. The lowest BCUT2D eigenvalue weighted by Gasteiger charge is -2.23. The van der Waals surface area contributed by atoms with Gasteiger partial charge < -0.3 is 38.2 Å². The lowest BCUT2D eigenvalue weighted by atomic mass is 10.1. The number of esters is 2. The van der Waals surface area contributed by atoms with E-state index < -0.39 is 51.2 Å². The molecule has 0 saturated carbocycles. The SMILES string of the molecule is COP(=O)(CC(OC(C)=O)c1cc(NC(=O)CCC(=O)Nc2cc(C(CP(=O)(OC)OC)OC(C)=O)c(I)cc2I)c(I)cc1I)OC. The summed E-state index contributed by atoms with van der Waals surface area (Å²) in [4.78, 5) is 49.7. The van der Waals surface area contributed by atoms with Crippen molar-refractivity contribution in [2.75, 3.05) is 51.4 Å². The highest BCUT2D eigenvalue weighted by molar-refractivity contribution is 14.1. The molecule has 2 aromatic rings. The van der Waals surface area contributed by atoms with Crippen LogP contribution < -0.4 is 10.6 Å². The third-order valence-electron chi connectivity index (χ3n) is 6.50. The molecule has 14 nitrogen and oxygen atoms in total. The van der Waals surface area contributed by atoms with Crippen molar-refractivity contribution in [3.05, 3.63) is 49.7 Å². The number of halogens is 4. The summed E-state index contributed by atoms with van der Waals surface area (Å²) in [7, 11) is -2.22. The molecule has 0 saturated heterocycles. The molecule has 20 heteroatoms. The topological polar surface area (TPSA) is 182 Å². The number of rotatable bonds is 17. The molecule has 2 unspecified atom stereocenters. The van der Waals surface area contributed by atoms with Gasteiger partial charge in [0.1, 0.15) is 12.2 Å². The van der Waals surface area contributed by atoms with Crippen LogP contribution in [0.25, 0.3) is 0 Å². The fourth-order valence-corrected chi connectivity index (χ4v) is 10.4. The van der Waals surface area contributed by atoms with Crippen molar-refractivity contribution in [3.8, 4) is 0 Å². The lowest BCUT2D eigenvalue weighted by Crippen LogP contribution is -2.20. The van der Waals surface area contributed by atoms with Gasteiger partial charge in [-0.05, 0) is 115 Å². The van der Waals surface area contributed by atoms with Crippen LogP contribution in [0.5, 0.6) is 0 Å². The minimum absolute atomic E-state index is 0.173. The Hall–Kier alpha value is -0.460. The van der Waals surface area contributed by atoms with Crippen molar-refractivity contribution in [2.24, 2.45) is 0 Å². The molecular formula is C28H34I4N2O12P2. The summed E-state index contributed by atoms with van der Waals surface area (Å²) in [5.74, 6) is -2.12. The molecule has 0 spiro atoms. The molecule has 0 fully saturated rings. The van der Waals surface area contributed by atoms with E-state index in [-0.39, 0.29) is 25.2 Å². The van der Waals surface area contributed by atoms with Gasteiger partial charge in [-0.2, -0.15) is 0 Å². The van der Waals surface area contributed by atoms with E-state index in [0.29, 0.717) is 36.8 Å². The van der Waals surface area contributed by atoms with Gasteiger partial charge in [0.25, 0.3) is 0 Å². The fraction of sp³-hybridized carbons (Fsp3) is 0.429. The summed E-state index contributed by atoms with van der Waals surface area (Å²) in [6.07, 6.45) is -2.82. The van der Waals surface area contributed by atoms with Crippen molar-refractivity contribution in [2.45, 2.75) is 38.9 Å². The van der Waals surface area contributed by atoms with Crippen LogP contribution in [0, 0.1) is 14.3 Å². The fourth-order valence-electron chi connectivity index (χ4n) is 4.12. The zero-order valence-corrected chi connectivity index (χ0v) is 37.0. The van der Waals surface area contributed by atoms with E-state index in [1.807, 2.05) is 45.2 Å². The highest BCUT2D eigenvalue weighted by Crippen LogP contribution is 2.52. The van der Waals surface area contributed by atoms with Crippen molar-refractivity contribution in [3.63, 3.8) is 0 Å². The first-order chi connectivity index (χ1) is 22.4. The molecule has 2 N–H and O–H groups in total. The summed E-state index contributed by atoms with van der Waals surface area (Å²) in [5, 5.41) is 5.57. The summed E-state index contributed by atoms with van der Waals surface area (Å²) < 4.78 is 59.5. The van der Waals surface area contributed by atoms with Crippen molar-refractivity contribution in [1.29, 1.82) is 0 Å². The van der Waals surface area contributed by atoms with E-state index in [9.17, 15) is 28.3 Å². The van der Waals surface area contributed by atoms with Gasteiger partial charge in [0.15, 0.2) is 0 Å².